The molecule has 0 aliphatic heterocycles. The van der Waals surface area contributed by atoms with Gasteiger partial charge >= 0.3 is 0 Å². The minimum Gasteiger partial charge on any atom is -0.461 e. The number of para-hydroxylation sites is 1. The van der Waals surface area contributed by atoms with Crippen LogP contribution in [0.4, 0.5) is 0 Å². The van der Waals surface area contributed by atoms with E-state index in [0.717, 1.165) is 17.9 Å². The van der Waals surface area contributed by atoms with E-state index in [1.807, 2.05) is 6.07 Å². The van der Waals surface area contributed by atoms with Crippen molar-refractivity contribution in [2.45, 2.75) is 26.2 Å². The second-order valence-corrected chi connectivity index (χ2v) is 4.35. The van der Waals surface area contributed by atoms with Crippen molar-refractivity contribution in [1.82, 2.24) is 0 Å². The Hall–Kier alpha value is -1.24. The Balaban J connectivity index is 2.25. The molecule has 0 spiro atoms. The number of fused-ring (bicyclic) bond motifs is 3. The summed E-state index contributed by atoms with van der Waals surface area (Å²) in [5.74, 6) is 2.04. The van der Waals surface area contributed by atoms with E-state index in [2.05, 4.69) is 25.1 Å². The second-order valence-electron chi connectivity index (χ2n) is 4.35. The van der Waals surface area contributed by atoms with Crippen LogP contribution in [0.5, 0.6) is 0 Å². The molecule has 2 aromatic rings. The van der Waals surface area contributed by atoms with Crippen LogP contribution in [0.2, 0.25) is 0 Å². The number of furan rings is 1. The Morgan fingerprint density at radius 1 is 1.29 bits per heavy atom. The molecule has 1 unspecified atom stereocenters. The molecular weight excluding hydrogens is 172 g/mol. The van der Waals surface area contributed by atoms with Gasteiger partial charge in [-0.05, 0) is 24.8 Å². The lowest BCUT2D eigenvalue weighted by Crippen LogP contribution is -2.08. The van der Waals surface area contributed by atoms with Crippen molar-refractivity contribution in [3.63, 3.8) is 0 Å². The molecule has 1 aromatic heterocycles. The molecule has 1 aromatic carbocycles. The van der Waals surface area contributed by atoms with Gasteiger partial charge < -0.3 is 4.42 Å². The van der Waals surface area contributed by atoms with Crippen LogP contribution in [0.3, 0.4) is 0 Å². The Morgan fingerprint density at radius 3 is 3.07 bits per heavy atom. The largest absolute Gasteiger partial charge is 0.461 e. The van der Waals surface area contributed by atoms with Crippen LogP contribution in [0.15, 0.2) is 28.7 Å². The van der Waals surface area contributed by atoms with Crippen molar-refractivity contribution in [3.05, 3.63) is 35.6 Å². The van der Waals surface area contributed by atoms with Crippen molar-refractivity contribution >= 4 is 11.0 Å². The van der Waals surface area contributed by atoms with Crippen LogP contribution in [-0.2, 0) is 12.8 Å². The third kappa shape index (κ3) is 1.08. The first-order chi connectivity index (χ1) is 6.84. The molecular formula is C13H14O. The van der Waals surface area contributed by atoms with Gasteiger partial charge in [0.25, 0.3) is 0 Å². The molecule has 1 aliphatic carbocycles. The third-order valence-corrected chi connectivity index (χ3v) is 3.20. The lowest BCUT2D eigenvalue weighted by atomic mass is 9.88. The normalized spacial score (nSPS) is 21.1. The molecule has 1 atom stereocenters. The maximum absolute atomic E-state index is 5.84. The van der Waals surface area contributed by atoms with Crippen molar-refractivity contribution < 1.29 is 4.42 Å². The lowest BCUT2D eigenvalue weighted by molar-refractivity contribution is 0.438. The van der Waals surface area contributed by atoms with Gasteiger partial charge in [-0.15, -0.1) is 0 Å². The molecule has 1 nitrogen and oxygen atoms in total. The third-order valence-electron chi connectivity index (χ3n) is 3.20. The minimum absolute atomic E-state index is 0.809. The molecule has 0 N–H and O–H groups in total. The molecule has 0 amide bonds. The van der Waals surface area contributed by atoms with E-state index in [-0.39, 0.29) is 0 Å². The Kier molecular flexibility index (Phi) is 1.66. The van der Waals surface area contributed by atoms with Gasteiger partial charge in [0.2, 0.25) is 0 Å². The van der Waals surface area contributed by atoms with E-state index in [0.29, 0.717) is 0 Å². The molecule has 0 radical (unpaired) electrons. The smallest absolute Gasteiger partial charge is 0.134 e. The minimum atomic E-state index is 0.809. The summed E-state index contributed by atoms with van der Waals surface area (Å²) < 4.78 is 5.84. The van der Waals surface area contributed by atoms with Crippen LogP contribution in [0.25, 0.3) is 11.0 Å². The van der Waals surface area contributed by atoms with Crippen molar-refractivity contribution in [2.75, 3.05) is 0 Å². The van der Waals surface area contributed by atoms with E-state index in [1.165, 1.54) is 29.6 Å². The molecule has 3 rings (SSSR count). The van der Waals surface area contributed by atoms with Gasteiger partial charge in [-0.3, -0.25) is 0 Å². The summed E-state index contributed by atoms with van der Waals surface area (Å²) in [4.78, 5) is 0. The average molecular weight is 186 g/mol. The molecule has 1 aliphatic rings. The van der Waals surface area contributed by atoms with Crippen molar-refractivity contribution in [1.29, 1.82) is 0 Å². The number of benzene rings is 1. The number of aryl methyl sites for hydroxylation is 1. The van der Waals surface area contributed by atoms with Gasteiger partial charge in [0.1, 0.15) is 11.3 Å². The van der Waals surface area contributed by atoms with Crippen molar-refractivity contribution in [2.24, 2.45) is 5.92 Å². The lowest BCUT2D eigenvalue weighted by Gasteiger charge is -2.16. The van der Waals surface area contributed by atoms with Crippen LogP contribution in [0.1, 0.15) is 24.7 Å². The molecule has 0 fully saturated rings. The first-order valence-corrected chi connectivity index (χ1v) is 5.34. The highest BCUT2D eigenvalue weighted by atomic mass is 16.3. The number of hydrogen-bond acceptors (Lipinski definition) is 1. The van der Waals surface area contributed by atoms with Crippen LogP contribution in [-0.4, -0.2) is 0 Å². The summed E-state index contributed by atoms with van der Waals surface area (Å²) in [6.07, 6.45) is 3.57. The standard InChI is InChI=1S/C13H14O/c1-9-6-7-13-11(8-9)10-4-2-3-5-12(10)14-13/h2-5,9H,6-8H2,1H3. The molecule has 1 heteroatoms. The predicted molar refractivity (Wildman–Crippen MR) is 57.4 cm³/mol. The average Bonchev–Trinajstić information content (AvgIpc) is 2.56. The summed E-state index contributed by atoms with van der Waals surface area (Å²) >= 11 is 0. The van der Waals surface area contributed by atoms with Gasteiger partial charge in [-0.1, -0.05) is 25.1 Å². The van der Waals surface area contributed by atoms with Gasteiger partial charge in [0.05, 0.1) is 0 Å². The Morgan fingerprint density at radius 2 is 2.14 bits per heavy atom. The maximum Gasteiger partial charge on any atom is 0.134 e. The fourth-order valence-electron chi connectivity index (χ4n) is 2.40. The summed E-state index contributed by atoms with van der Waals surface area (Å²) in [7, 11) is 0. The molecule has 0 saturated heterocycles. The summed E-state index contributed by atoms with van der Waals surface area (Å²) in [5, 5.41) is 1.33. The SMILES string of the molecule is CC1CCc2oc3ccccc3c2C1. The summed E-state index contributed by atoms with van der Waals surface area (Å²) in [6, 6.07) is 8.38. The number of rotatable bonds is 0. The van der Waals surface area contributed by atoms with Gasteiger partial charge in [0.15, 0.2) is 0 Å². The van der Waals surface area contributed by atoms with E-state index < -0.39 is 0 Å². The van der Waals surface area contributed by atoms with Crippen LogP contribution >= 0.6 is 0 Å². The zero-order chi connectivity index (χ0) is 9.54. The topological polar surface area (TPSA) is 13.1 Å². The van der Waals surface area contributed by atoms with Crippen LogP contribution < -0.4 is 0 Å². The van der Waals surface area contributed by atoms with Crippen LogP contribution in [0, 0.1) is 5.92 Å². The summed E-state index contributed by atoms with van der Waals surface area (Å²) in [5.41, 5.74) is 2.52. The first kappa shape index (κ1) is 8.10. The second kappa shape index (κ2) is 2.88. The molecule has 72 valence electrons. The van der Waals surface area contributed by atoms with Gasteiger partial charge in [0, 0.05) is 17.4 Å². The fraction of sp³-hybridized carbons (Fsp3) is 0.385. The van der Waals surface area contributed by atoms with E-state index in [4.69, 9.17) is 4.42 Å². The Labute approximate surface area is 83.7 Å². The van der Waals surface area contributed by atoms with E-state index in [1.54, 1.807) is 0 Å². The predicted octanol–water partition coefficient (Wildman–Crippen LogP) is 3.56. The molecule has 0 bridgehead atoms. The molecule has 14 heavy (non-hydrogen) atoms. The zero-order valence-corrected chi connectivity index (χ0v) is 8.42. The zero-order valence-electron chi connectivity index (χ0n) is 8.42. The Bertz CT molecular complexity index is 467. The van der Waals surface area contributed by atoms with Gasteiger partial charge in [-0.25, -0.2) is 0 Å². The fourth-order valence-corrected chi connectivity index (χ4v) is 2.40. The monoisotopic (exact) mass is 186 g/mol. The highest BCUT2D eigenvalue weighted by Gasteiger charge is 2.21. The number of hydrogen-bond donors (Lipinski definition) is 0. The van der Waals surface area contributed by atoms with Crippen molar-refractivity contribution in [3.8, 4) is 0 Å². The molecule has 1 heterocycles. The van der Waals surface area contributed by atoms with E-state index >= 15 is 0 Å². The van der Waals surface area contributed by atoms with Gasteiger partial charge in [-0.2, -0.15) is 0 Å². The molecule has 0 saturated carbocycles. The quantitative estimate of drug-likeness (QED) is 0.613. The summed E-state index contributed by atoms with van der Waals surface area (Å²) in [6.45, 7) is 2.32. The maximum atomic E-state index is 5.84. The first-order valence-electron chi connectivity index (χ1n) is 5.34. The van der Waals surface area contributed by atoms with E-state index in [9.17, 15) is 0 Å². The highest BCUT2D eigenvalue weighted by molar-refractivity contribution is 5.82. The highest BCUT2D eigenvalue weighted by Crippen LogP contribution is 2.33.